The summed E-state index contributed by atoms with van der Waals surface area (Å²) in [4.78, 5) is 14.8. The molecule has 21 heavy (non-hydrogen) atoms. The molecule has 0 spiro atoms. The van der Waals surface area contributed by atoms with Crippen molar-refractivity contribution in [2.45, 2.75) is 40.0 Å². The summed E-state index contributed by atoms with van der Waals surface area (Å²) in [5.74, 6) is -0.655. The highest BCUT2D eigenvalue weighted by Crippen LogP contribution is 2.37. The van der Waals surface area contributed by atoms with Crippen molar-refractivity contribution in [1.29, 1.82) is 0 Å². The molecule has 0 aliphatic carbocycles. The third kappa shape index (κ3) is 3.52. The van der Waals surface area contributed by atoms with Gasteiger partial charge in [-0.2, -0.15) is 0 Å². The molecule has 1 aliphatic rings. The molecule has 0 aromatic heterocycles. The first-order valence-corrected chi connectivity index (χ1v) is 8.02. The molecule has 2 nitrogen and oxygen atoms in total. The lowest BCUT2D eigenvalue weighted by Gasteiger charge is -2.27. The van der Waals surface area contributed by atoms with Gasteiger partial charge in [0.25, 0.3) is 0 Å². The first kappa shape index (κ1) is 16.2. The molecule has 0 saturated carbocycles. The van der Waals surface area contributed by atoms with E-state index < -0.39 is 5.82 Å². The van der Waals surface area contributed by atoms with Gasteiger partial charge in [-0.1, -0.05) is 32.9 Å². The van der Waals surface area contributed by atoms with E-state index in [2.05, 4.69) is 18.7 Å². The van der Waals surface area contributed by atoms with Crippen LogP contribution >= 0.6 is 0 Å². The van der Waals surface area contributed by atoms with E-state index in [0.29, 0.717) is 5.41 Å². The molecule has 3 heteroatoms. The van der Waals surface area contributed by atoms with Crippen molar-refractivity contribution >= 4 is 5.78 Å². The molecule has 116 valence electrons. The number of carbonyl (C=O) groups is 1. The van der Waals surface area contributed by atoms with Crippen molar-refractivity contribution in [2.24, 2.45) is 11.3 Å². The van der Waals surface area contributed by atoms with Crippen LogP contribution in [0.4, 0.5) is 4.39 Å². The summed E-state index contributed by atoms with van der Waals surface area (Å²) in [7, 11) is 0. The van der Waals surface area contributed by atoms with Crippen molar-refractivity contribution in [3.05, 3.63) is 35.6 Å². The van der Waals surface area contributed by atoms with E-state index in [1.807, 2.05) is 6.92 Å². The average Bonchev–Trinajstić information content (AvgIpc) is 2.91. The number of hydrogen-bond donors (Lipinski definition) is 0. The molecule has 0 N–H and O–H groups in total. The standard InChI is InChI=1S/C18H26FNO/c1-4-18(5-2)10-11-20(13-18)12-14(3)17(21)15-8-6-7-9-16(15)19/h6-9,14H,4-5,10-13H2,1-3H3. The van der Waals surface area contributed by atoms with Gasteiger partial charge in [-0.15, -0.1) is 0 Å². The quantitative estimate of drug-likeness (QED) is 0.734. The van der Waals surface area contributed by atoms with Crippen LogP contribution in [0, 0.1) is 17.2 Å². The highest BCUT2D eigenvalue weighted by atomic mass is 19.1. The molecule has 1 fully saturated rings. The number of nitrogens with zero attached hydrogens (tertiary/aromatic N) is 1. The molecule has 1 aliphatic heterocycles. The smallest absolute Gasteiger partial charge is 0.169 e. The lowest BCUT2D eigenvalue weighted by atomic mass is 9.82. The number of likely N-dealkylation sites (tertiary alicyclic amines) is 1. The molecule has 0 bridgehead atoms. The Labute approximate surface area is 127 Å². The Balaban J connectivity index is 1.98. The van der Waals surface area contributed by atoms with E-state index in [0.717, 1.165) is 19.6 Å². The van der Waals surface area contributed by atoms with Crippen LogP contribution in [0.1, 0.15) is 50.4 Å². The number of Topliss-reactive ketones (excluding diaryl/α,β-unsaturated/α-hetero) is 1. The van der Waals surface area contributed by atoms with Gasteiger partial charge in [0.1, 0.15) is 5.82 Å². The lowest BCUT2D eigenvalue weighted by molar-refractivity contribution is 0.0893. The summed E-state index contributed by atoms with van der Waals surface area (Å²) in [5.41, 5.74) is 0.641. The Kier molecular flexibility index (Phi) is 5.15. The van der Waals surface area contributed by atoms with E-state index in [1.54, 1.807) is 18.2 Å². The van der Waals surface area contributed by atoms with Crippen LogP contribution in [0.25, 0.3) is 0 Å². The Hall–Kier alpha value is -1.22. The first-order valence-electron chi connectivity index (χ1n) is 8.02. The number of hydrogen-bond acceptors (Lipinski definition) is 2. The number of carbonyl (C=O) groups excluding carboxylic acids is 1. The van der Waals surface area contributed by atoms with Crippen LogP contribution in [-0.2, 0) is 0 Å². The third-order valence-electron chi connectivity index (χ3n) is 5.14. The molecule has 0 amide bonds. The molecular weight excluding hydrogens is 265 g/mol. The topological polar surface area (TPSA) is 20.3 Å². The minimum atomic E-state index is -0.410. The lowest BCUT2D eigenvalue weighted by Crippen LogP contribution is -2.32. The molecule has 0 radical (unpaired) electrons. The van der Waals surface area contributed by atoms with Gasteiger partial charge >= 0.3 is 0 Å². The summed E-state index contributed by atoms with van der Waals surface area (Å²) >= 11 is 0. The predicted octanol–water partition coefficient (Wildman–Crippen LogP) is 4.16. The summed E-state index contributed by atoms with van der Waals surface area (Å²) in [6, 6.07) is 6.28. The second-order valence-corrected chi connectivity index (χ2v) is 6.44. The van der Waals surface area contributed by atoms with E-state index in [4.69, 9.17) is 0 Å². The third-order valence-corrected chi connectivity index (χ3v) is 5.14. The monoisotopic (exact) mass is 291 g/mol. The van der Waals surface area contributed by atoms with Crippen LogP contribution < -0.4 is 0 Å². The molecule has 1 saturated heterocycles. The molecule has 2 rings (SSSR count). The highest BCUT2D eigenvalue weighted by Gasteiger charge is 2.35. The SMILES string of the molecule is CCC1(CC)CCN(CC(C)C(=O)c2ccccc2F)C1. The van der Waals surface area contributed by atoms with Gasteiger partial charge in [0.05, 0.1) is 5.56 Å². The molecule has 1 heterocycles. The van der Waals surface area contributed by atoms with Crippen LogP contribution in [0.15, 0.2) is 24.3 Å². The minimum Gasteiger partial charge on any atom is -0.302 e. The van der Waals surface area contributed by atoms with Crippen LogP contribution in [0.2, 0.25) is 0 Å². The number of rotatable bonds is 6. The van der Waals surface area contributed by atoms with Crippen molar-refractivity contribution in [3.63, 3.8) is 0 Å². The van der Waals surface area contributed by atoms with Gasteiger partial charge in [-0.3, -0.25) is 4.79 Å². The van der Waals surface area contributed by atoms with E-state index in [1.165, 1.54) is 25.3 Å². The molecule has 1 aromatic carbocycles. The van der Waals surface area contributed by atoms with E-state index in [-0.39, 0.29) is 17.3 Å². The van der Waals surface area contributed by atoms with Gasteiger partial charge in [0, 0.05) is 19.0 Å². The Bertz CT molecular complexity index is 496. The fourth-order valence-electron chi connectivity index (χ4n) is 3.41. The minimum absolute atomic E-state index is 0.0846. The van der Waals surface area contributed by atoms with Crippen molar-refractivity contribution in [3.8, 4) is 0 Å². The van der Waals surface area contributed by atoms with Gasteiger partial charge < -0.3 is 4.90 Å². The van der Waals surface area contributed by atoms with Crippen molar-refractivity contribution in [1.82, 2.24) is 4.90 Å². The number of halogens is 1. The fraction of sp³-hybridized carbons (Fsp3) is 0.611. The van der Waals surface area contributed by atoms with Gasteiger partial charge in [-0.05, 0) is 43.4 Å². The summed E-state index contributed by atoms with van der Waals surface area (Å²) < 4.78 is 13.7. The average molecular weight is 291 g/mol. The summed E-state index contributed by atoms with van der Waals surface area (Å²) in [6.07, 6.45) is 3.59. The summed E-state index contributed by atoms with van der Waals surface area (Å²) in [5, 5.41) is 0. The Morgan fingerprint density at radius 2 is 2.00 bits per heavy atom. The van der Waals surface area contributed by atoms with Crippen molar-refractivity contribution < 1.29 is 9.18 Å². The van der Waals surface area contributed by atoms with Crippen molar-refractivity contribution in [2.75, 3.05) is 19.6 Å². The van der Waals surface area contributed by atoms with Crippen LogP contribution in [-0.4, -0.2) is 30.3 Å². The van der Waals surface area contributed by atoms with Gasteiger partial charge in [-0.25, -0.2) is 4.39 Å². The maximum atomic E-state index is 13.7. The largest absolute Gasteiger partial charge is 0.302 e. The predicted molar refractivity (Wildman–Crippen MR) is 84.0 cm³/mol. The zero-order chi connectivity index (χ0) is 15.5. The second kappa shape index (κ2) is 6.69. The zero-order valence-corrected chi connectivity index (χ0v) is 13.4. The van der Waals surface area contributed by atoms with Crippen LogP contribution in [0.3, 0.4) is 0 Å². The first-order chi connectivity index (χ1) is 10.0. The maximum Gasteiger partial charge on any atom is 0.169 e. The van der Waals surface area contributed by atoms with Crippen LogP contribution in [0.5, 0.6) is 0 Å². The number of ketones is 1. The highest BCUT2D eigenvalue weighted by molar-refractivity contribution is 5.98. The normalized spacial score (nSPS) is 19.6. The van der Waals surface area contributed by atoms with E-state index in [9.17, 15) is 9.18 Å². The summed E-state index contributed by atoms with van der Waals surface area (Å²) in [6.45, 7) is 9.26. The van der Waals surface area contributed by atoms with Gasteiger partial charge in [0.15, 0.2) is 5.78 Å². The Morgan fingerprint density at radius 1 is 1.33 bits per heavy atom. The van der Waals surface area contributed by atoms with Gasteiger partial charge in [0.2, 0.25) is 0 Å². The molecular formula is C18H26FNO. The molecule has 1 aromatic rings. The fourth-order valence-corrected chi connectivity index (χ4v) is 3.41. The second-order valence-electron chi connectivity index (χ2n) is 6.44. The molecule has 1 unspecified atom stereocenters. The number of benzene rings is 1. The Morgan fingerprint density at radius 3 is 2.57 bits per heavy atom. The zero-order valence-electron chi connectivity index (χ0n) is 13.4. The van der Waals surface area contributed by atoms with E-state index >= 15 is 0 Å². The maximum absolute atomic E-state index is 13.7. The molecule has 1 atom stereocenters.